The summed E-state index contributed by atoms with van der Waals surface area (Å²) < 4.78 is 5.46. The minimum Gasteiger partial charge on any atom is -0.495 e. The van der Waals surface area contributed by atoms with Gasteiger partial charge in [-0.3, -0.25) is 0 Å². The minimum absolute atomic E-state index is 0.469. The lowest BCUT2D eigenvalue weighted by molar-refractivity contribution is 0.405. The Morgan fingerprint density at radius 2 is 2.11 bits per heavy atom. The van der Waals surface area contributed by atoms with Crippen LogP contribution in [0.2, 0.25) is 0 Å². The van der Waals surface area contributed by atoms with Crippen LogP contribution in [0.15, 0.2) is 18.2 Å². The highest BCUT2D eigenvalue weighted by Gasteiger charge is 2.17. The van der Waals surface area contributed by atoms with Crippen molar-refractivity contribution in [1.29, 1.82) is 0 Å². The third kappa shape index (κ3) is 1.99. The highest BCUT2D eigenvalue weighted by molar-refractivity contribution is 5.87. The standard InChI is InChI=1S/C15H20N2O/c1-10-7-11-9-13(12-5-3-4-6-16-12)17-15(11)14(8-10)18-2/h7-9,12,16-17H,3-6H2,1-2H3. The molecule has 0 aliphatic carbocycles. The Balaban J connectivity index is 2.04. The number of aryl methyl sites for hydroxylation is 1. The Bertz CT molecular complexity index is 553. The first-order valence-corrected chi connectivity index (χ1v) is 6.68. The summed E-state index contributed by atoms with van der Waals surface area (Å²) in [5, 5.41) is 4.82. The van der Waals surface area contributed by atoms with Crippen LogP contribution in [0.3, 0.4) is 0 Å². The molecule has 2 N–H and O–H groups in total. The van der Waals surface area contributed by atoms with Gasteiger partial charge in [-0.2, -0.15) is 0 Å². The zero-order valence-electron chi connectivity index (χ0n) is 11.0. The van der Waals surface area contributed by atoms with Crippen molar-refractivity contribution in [2.75, 3.05) is 13.7 Å². The largest absolute Gasteiger partial charge is 0.495 e. The molecule has 0 saturated carbocycles. The van der Waals surface area contributed by atoms with Gasteiger partial charge in [0, 0.05) is 17.1 Å². The normalized spacial score (nSPS) is 20.2. The van der Waals surface area contributed by atoms with E-state index in [1.165, 1.54) is 35.9 Å². The van der Waals surface area contributed by atoms with E-state index in [0.29, 0.717) is 6.04 Å². The van der Waals surface area contributed by atoms with Crippen LogP contribution < -0.4 is 10.1 Å². The van der Waals surface area contributed by atoms with Crippen molar-refractivity contribution >= 4 is 10.9 Å². The molecule has 0 bridgehead atoms. The van der Waals surface area contributed by atoms with Gasteiger partial charge >= 0.3 is 0 Å². The summed E-state index contributed by atoms with van der Waals surface area (Å²) >= 11 is 0. The first-order valence-electron chi connectivity index (χ1n) is 6.68. The molecule has 96 valence electrons. The van der Waals surface area contributed by atoms with Crippen molar-refractivity contribution < 1.29 is 4.74 Å². The summed E-state index contributed by atoms with van der Waals surface area (Å²) in [7, 11) is 1.73. The number of nitrogens with one attached hydrogen (secondary N) is 2. The SMILES string of the molecule is COc1cc(C)cc2cc(C3CCCCN3)[nH]c12. The molecule has 1 aromatic carbocycles. The van der Waals surface area contributed by atoms with Gasteiger partial charge in [0.15, 0.2) is 0 Å². The molecule has 0 amide bonds. The fraction of sp³-hybridized carbons (Fsp3) is 0.467. The van der Waals surface area contributed by atoms with Crippen molar-refractivity contribution in [2.24, 2.45) is 0 Å². The number of fused-ring (bicyclic) bond motifs is 1. The molecule has 3 rings (SSSR count). The minimum atomic E-state index is 0.469. The molecule has 1 aromatic heterocycles. The number of methoxy groups -OCH3 is 1. The lowest BCUT2D eigenvalue weighted by Gasteiger charge is -2.22. The van der Waals surface area contributed by atoms with Crippen LogP contribution in [0.4, 0.5) is 0 Å². The third-order valence-corrected chi connectivity index (χ3v) is 3.76. The summed E-state index contributed by atoms with van der Waals surface area (Å²) in [6, 6.07) is 7.02. The molecule has 1 aliphatic heterocycles. The summed E-state index contributed by atoms with van der Waals surface area (Å²) in [6.07, 6.45) is 3.82. The van der Waals surface area contributed by atoms with E-state index in [9.17, 15) is 0 Å². The second-order valence-electron chi connectivity index (χ2n) is 5.16. The molecule has 1 aliphatic rings. The maximum absolute atomic E-state index is 5.46. The van der Waals surface area contributed by atoms with Gasteiger partial charge in [-0.15, -0.1) is 0 Å². The molecular formula is C15H20N2O. The molecule has 3 heteroatoms. The molecule has 18 heavy (non-hydrogen) atoms. The van der Waals surface area contributed by atoms with E-state index in [0.717, 1.165) is 17.8 Å². The zero-order chi connectivity index (χ0) is 12.5. The van der Waals surface area contributed by atoms with E-state index in [1.54, 1.807) is 7.11 Å². The van der Waals surface area contributed by atoms with Crippen molar-refractivity contribution in [1.82, 2.24) is 10.3 Å². The topological polar surface area (TPSA) is 37.0 Å². The zero-order valence-corrected chi connectivity index (χ0v) is 11.0. The van der Waals surface area contributed by atoms with Crippen LogP contribution in [0, 0.1) is 6.92 Å². The average Bonchev–Trinajstić information content (AvgIpc) is 2.82. The predicted octanol–water partition coefficient (Wildman–Crippen LogP) is 3.30. The van der Waals surface area contributed by atoms with E-state index >= 15 is 0 Å². The van der Waals surface area contributed by atoms with Crippen molar-refractivity contribution in [3.8, 4) is 5.75 Å². The number of H-pyrrole nitrogens is 1. The molecular weight excluding hydrogens is 224 g/mol. The summed E-state index contributed by atoms with van der Waals surface area (Å²) in [5.41, 5.74) is 3.64. The first kappa shape index (κ1) is 11.6. The number of aromatic nitrogens is 1. The Hall–Kier alpha value is -1.48. The Labute approximate surface area is 108 Å². The molecule has 1 atom stereocenters. The Morgan fingerprint density at radius 3 is 2.83 bits per heavy atom. The van der Waals surface area contributed by atoms with Gasteiger partial charge in [0.1, 0.15) is 5.75 Å². The van der Waals surface area contributed by atoms with Crippen LogP contribution >= 0.6 is 0 Å². The number of hydrogen-bond donors (Lipinski definition) is 2. The third-order valence-electron chi connectivity index (χ3n) is 3.76. The van der Waals surface area contributed by atoms with E-state index in [4.69, 9.17) is 4.74 Å². The second-order valence-corrected chi connectivity index (χ2v) is 5.16. The number of ether oxygens (including phenoxy) is 1. The number of benzene rings is 1. The van der Waals surface area contributed by atoms with E-state index in [1.807, 2.05) is 0 Å². The summed E-state index contributed by atoms with van der Waals surface area (Å²) in [5.74, 6) is 0.937. The number of aromatic amines is 1. The molecule has 0 radical (unpaired) electrons. The van der Waals surface area contributed by atoms with Crippen molar-refractivity contribution in [2.45, 2.75) is 32.2 Å². The Morgan fingerprint density at radius 1 is 1.22 bits per heavy atom. The first-order chi connectivity index (χ1) is 8.78. The summed E-state index contributed by atoms with van der Waals surface area (Å²) in [4.78, 5) is 3.52. The van der Waals surface area contributed by atoms with Crippen molar-refractivity contribution in [3.05, 3.63) is 29.5 Å². The number of hydrogen-bond acceptors (Lipinski definition) is 2. The second kappa shape index (κ2) is 4.65. The summed E-state index contributed by atoms with van der Waals surface area (Å²) in [6.45, 7) is 3.23. The van der Waals surface area contributed by atoms with Gasteiger partial charge in [0.25, 0.3) is 0 Å². The molecule has 1 unspecified atom stereocenters. The van der Waals surface area contributed by atoms with Crippen LogP contribution in [0.25, 0.3) is 10.9 Å². The van der Waals surface area contributed by atoms with Crippen LogP contribution in [-0.4, -0.2) is 18.6 Å². The van der Waals surface area contributed by atoms with Gasteiger partial charge in [-0.05, 0) is 50.1 Å². The molecule has 1 saturated heterocycles. The molecule has 1 fully saturated rings. The van der Waals surface area contributed by atoms with Gasteiger partial charge in [-0.25, -0.2) is 0 Å². The van der Waals surface area contributed by atoms with Crippen LogP contribution in [-0.2, 0) is 0 Å². The highest BCUT2D eigenvalue weighted by Crippen LogP contribution is 2.31. The fourth-order valence-electron chi connectivity index (χ4n) is 2.84. The van der Waals surface area contributed by atoms with Crippen LogP contribution in [0.5, 0.6) is 5.75 Å². The van der Waals surface area contributed by atoms with Gasteiger partial charge in [-0.1, -0.05) is 6.42 Å². The smallest absolute Gasteiger partial charge is 0.143 e. The molecule has 2 heterocycles. The molecule has 2 aromatic rings. The quantitative estimate of drug-likeness (QED) is 0.850. The van der Waals surface area contributed by atoms with Crippen molar-refractivity contribution in [3.63, 3.8) is 0 Å². The lowest BCUT2D eigenvalue weighted by Crippen LogP contribution is -2.26. The van der Waals surface area contributed by atoms with E-state index < -0.39 is 0 Å². The maximum atomic E-state index is 5.46. The number of rotatable bonds is 2. The van der Waals surface area contributed by atoms with E-state index in [-0.39, 0.29) is 0 Å². The monoisotopic (exact) mass is 244 g/mol. The van der Waals surface area contributed by atoms with E-state index in [2.05, 4.69) is 35.4 Å². The number of piperidine rings is 1. The fourth-order valence-corrected chi connectivity index (χ4v) is 2.84. The highest BCUT2D eigenvalue weighted by atomic mass is 16.5. The molecule has 0 spiro atoms. The predicted molar refractivity (Wildman–Crippen MR) is 74.2 cm³/mol. The molecule has 3 nitrogen and oxygen atoms in total. The van der Waals surface area contributed by atoms with Gasteiger partial charge < -0.3 is 15.0 Å². The van der Waals surface area contributed by atoms with Gasteiger partial charge in [0.05, 0.1) is 12.6 Å². The van der Waals surface area contributed by atoms with Gasteiger partial charge in [0.2, 0.25) is 0 Å². The van der Waals surface area contributed by atoms with Crippen LogP contribution in [0.1, 0.15) is 36.6 Å². The average molecular weight is 244 g/mol. The Kier molecular flexibility index (Phi) is 3.00. The lowest BCUT2D eigenvalue weighted by atomic mass is 10.0. The maximum Gasteiger partial charge on any atom is 0.143 e.